The Morgan fingerprint density at radius 2 is 2.17 bits per heavy atom. The Morgan fingerprint density at radius 3 is 2.75 bits per heavy atom. The molecule has 1 aliphatic rings. The summed E-state index contributed by atoms with van der Waals surface area (Å²) in [7, 11) is 0. The molecule has 2 heteroatoms. The van der Waals surface area contributed by atoms with Crippen molar-refractivity contribution >= 4 is 15.9 Å². The Hall–Kier alpha value is 0.440. The number of likely N-dealkylation sites (tertiary alicyclic amines) is 1. The molecule has 0 aromatic heterocycles. The first kappa shape index (κ1) is 10.5. The van der Waals surface area contributed by atoms with E-state index in [1.807, 2.05) is 0 Å². The van der Waals surface area contributed by atoms with E-state index < -0.39 is 0 Å². The predicted octanol–water partition coefficient (Wildman–Crippen LogP) is 3.03. The van der Waals surface area contributed by atoms with Gasteiger partial charge in [0.25, 0.3) is 0 Å². The zero-order valence-corrected chi connectivity index (χ0v) is 9.81. The van der Waals surface area contributed by atoms with Crippen LogP contribution in [0.5, 0.6) is 0 Å². The van der Waals surface area contributed by atoms with Crippen molar-refractivity contribution in [1.29, 1.82) is 0 Å². The van der Waals surface area contributed by atoms with Gasteiger partial charge in [0.15, 0.2) is 0 Å². The standard InChI is InChI=1S/C10H20BrN/c1-3-10-6-5-9(2)12(10)8-4-7-11/h9-10H,3-8H2,1-2H3. The first-order chi connectivity index (χ1) is 5.79. The van der Waals surface area contributed by atoms with Gasteiger partial charge in [-0.3, -0.25) is 4.90 Å². The van der Waals surface area contributed by atoms with E-state index in [-0.39, 0.29) is 0 Å². The highest BCUT2D eigenvalue weighted by Gasteiger charge is 2.27. The van der Waals surface area contributed by atoms with Gasteiger partial charge in [0.2, 0.25) is 0 Å². The van der Waals surface area contributed by atoms with Gasteiger partial charge in [0.1, 0.15) is 0 Å². The molecule has 0 radical (unpaired) electrons. The lowest BCUT2D eigenvalue weighted by Gasteiger charge is -2.27. The monoisotopic (exact) mass is 233 g/mol. The molecule has 0 bridgehead atoms. The molecule has 0 aromatic rings. The minimum absolute atomic E-state index is 0.828. The Bertz CT molecular complexity index is 127. The molecule has 2 unspecified atom stereocenters. The van der Waals surface area contributed by atoms with Gasteiger partial charge in [-0.05, 0) is 39.2 Å². The van der Waals surface area contributed by atoms with Crippen LogP contribution in [0.3, 0.4) is 0 Å². The van der Waals surface area contributed by atoms with E-state index in [1.165, 1.54) is 32.2 Å². The summed E-state index contributed by atoms with van der Waals surface area (Å²) in [4.78, 5) is 2.68. The lowest BCUT2D eigenvalue weighted by Crippen LogP contribution is -2.35. The van der Waals surface area contributed by atoms with Crippen LogP contribution in [-0.2, 0) is 0 Å². The van der Waals surface area contributed by atoms with E-state index in [9.17, 15) is 0 Å². The molecular formula is C10H20BrN. The number of halogens is 1. The van der Waals surface area contributed by atoms with Gasteiger partial charge < -0.3 is 0 Å². The SMILES string of the molecule is CCC1CCC(C)N1CCCBr. The van der Waals surface area contributed by atoms with Gasteiger partial charge in [0, 0.05) is 17.4 Å². The fourth-order valence-electron chi connectivity index (χ4n) is 2.21. The molecule has 0 aliphatic carbocycles. The summed E-state index contributed by atoms with van der Waals surface area (Å²) in [6.07, 6.45) is 5.44. The van der Waals surface area contributed by atoms with Gasteiger partial charge in [0.05, 0.1) is 0 Å². The normalized spacial score (nSPS) is 31.2. The third-order valence-corrected chi connectivity index (χ3v) is 3.53. The van der Waals surface area contributed by atoms with Gasteiger partial charge in [-0.2, -0.15) is 0 Å². The average molecular weight is 234 g/mol. The first-order valence-electron chi connectivity index (χ1n) is 5.11. The van der Waals surface area contributed by atoms with E-state index in [2.05, 4.69) is 34.7 Å². The molecule has 0 saturated carbocycles. The van der Waals surface area contributed by atoms with E-state index in [0.717, 1.165) is 17.4 Å². The second-order valence-corrected chi connectivity index (χ2v) is 4.56. The average Bonchev–Trinajstić information content (AvgIpc) is 2.43. The summed E-state index contributed by atoms with van der Waals surface area (Å²) >= 11 is 3.49. The number of hydrogen-bond acceptors (Lipinski definition) is 1. The van der Waals surface area contributed by atoms with Crippen molar-refractivity contribution in [3.63, 3.8) is 0 Å². The number of nitrogens with zero attached hydrogens (tertiary/aromatic N) is 1. The molecule has 72 valence electrons. The lowest BCUT2D eigenvalue weighted by atomic mass is 10.1. The zero-order chi connectivity index (χ0) is 8.97. The third-order valence-electron chi connectivity index (χ3n) is 2.97. The van der Waals surface area contributed by atoms with E-state index in [0.29, 0.717) is 0 Å². The summed E-state index contributed by atoms with van der Waals surface area (Å²) in [6.45, 7) is 5.96. The Balaban J connectivity index is 2.35. The molecule has 0 amide bonds. The summed E-state index contributed by atoms with van der Waals surface area (Å²) < 4.78 is 0. The van der Waals surface area contributed by atoms with Crippen LogP contribution in [-0.4, -0.2) is 28.9 Å². The van der Waals surface area contributed by atoms with Crippen molar-refractivity contribution < 1.29 is 0 Å². The Labute approximate surface area is 84.6 Å². The molecule has 12 heavy (non-hydrogen) atoms. The van der Waals surface area contributed by atoms with Crippen LogP contribution in [0.4, 0.5) is 0 Å². The van der Waals surface area contributed by atoms with Crippen molar-refractivity contribution in [3.05, 3.63) is 0 Å². The maximum absolute atomic E-state index is 3.49. The Morgan fingerprint density at radius 1 is 1.42 bits per heavy atom. The maximum Gasteiger partial charge on any atom is 0.00960 e. The Kier molecular flexibility index (Phi) is 4.59. The topological polar surface area (TPSA) is 3.24 Å². The van der Waals surface area contributed by atoms with Crippen molar-refractivity contribution in [2.24, 2.45) is 0 Å². The largest absolute Gasteiger partial charge is 0.298 e. The zero-order valence-electron chi connectivity index (χ0n) is 8.22. The fourth-order valence-corrected chi connectivity index (χ4v) is 2.46. The smallest absolute Gasteiger partial charge is 0.00960 e. The second-order valence-electron chi connectivity index (χ2n) is 3.77. The van der Waals surface area contributed by atoms with Crippen LogP contribution in [0.2, 0.25) is 0 Å². The van der Waals surface area contributed by atoms with Crippen LogP contribution in [0.25, 0.3) is 0 Å². The molecule has 1 saturated heterocycles. The summed E-state index contributed by atoms with van der Waals surface area (Å²) in [5.74, 6) is 0. The third kappa shape index (κ3) is 2.46. The van der Waals surface area contributed by atoms with Crippen molar-refractivity contribution in [2.45, 2.75) is 51.6 Å². The first-order valence-corrected chi connectivity index (χ1v) is 6.23. The van der Waals surface area contributed by atoms with Crippen LogP contribution < -0.4 is 0 Å². The highest BCUT2D eigenvalue weighted by atomic mass is 79.9. The number of alkyl halides is 1. The molecule has 0 aromatic carbocycles. The van der Waals surface area contributed by atoms with Crippen molar-refractivity contribution in [2.75, 3.05) is 11.9 Å². The van der Waals surface area contributed by atoms with Crippen LogP contribution in [0, 0.1) is 0 Å². The summed E-state index contributed by atoms with van der Waals surface area (Å²) in [6, 6.07) is 1.70. The highest BCUT2D eigenvalue weighted by Crippen LogP contribution is 2.25. The van der Waals surface area contributed by atoms with Gasteiger partial charge in [-0.15, -0.1) is 0 Å². The second kappa shape index (κ2) is 5.23. The van der Waals surface area contributed by atoms with Crippen molar-refractivity contribution in [3.8, 4) is 0 Å². The van der Waals surface area contributed by atoms with Gasteiger partial charge in [-0.1, -0.05) is 22.9 Å². The molecule has 0 spiro atoms. The molecule has 1 nitrogen and oxygen atoms in total. The van der Waals surface area contributed by atoms with Crippen molar-refractivity contribution in [1.82, 2.24) is 4.90 Å². The minimum Gasteiger partial charge on any atom is -0.298 e. The number of hydrogen-bond donors (Lipinski definition) is 0. The molecule has 2 atom stereocenters. The van der Waals surface area contributed by atoms with E-state index >= 15 is 0 Å². The van der Waals surface area contributed by atoms with Crippen LogP contribution >= 0.6 is 15.9 Å². The minimum atomic E-state index is 0.828. The van der Waals surface area contributed by atoms with Crippen LogP contribution in [0.1, 0.15) is 39.5 Å². The quantitative estimate of drug-likeness (QED) is 0.676. The fraction of sp³-hybridized carbons (Fsp3) is 1.00. The summed E-state index contributed by atoms with van der Waals surface area (Å²) in [5.41, 5.74) is 0. The van der Waals surface area contributed by atoms with E-state index in [4.69, 9.17) is 0 Å². The molecule has 0 N–H and O–H groups in total. The molecular weight excluding hydrogens is 214 g/mol. The molecule has 1 fully saturated rings. The van der Waals surface area contributed by atoms with Gasteiger partial charge >= 0.3 is 0 Å². The molecule has 1 aliphatic heterocycles. The number of rotatable bonds is 4. The molecule has 1 heterocycles. The predicted molar refractivity (Wildman–Crippen MR) is 57.9 cm³/mol. The van der Waals surface area contributed by atoms with Gasteiger partial charge in [-0.25, -0.2) is 0 Å². The van der Waals surface area contributed by atoms with E-state index in [1.54, 1.807) is 0 Å². The van der Waals surface area contributed by atoms with Crippen LogP contribution in [0.15, 0.2) is 0 Å². The maximum atomic E-state index is 3.49. The lowest BCUT2D eigenvalue weighted by molar-refractivity contribution is 0.200. The highest BCUT2D eigenvalue weighted by molar-refractivity contribution is 9.09. The molecule has 1 rings (SSSR count). The summed E-state index contributed by atoms with van der Waals surface area (Å²) in [5, 5.41) is 1.15.